The van der Waals surface area contributed by atoms with Crippen LogP contribution < -0.4 is 15.0 Å². The average Bonchev–Trinajstić information content (AvgIpc) is 3.25. The fourth-order valence-corrected chi connectivity index (χ4v) is 4.40. The third-order valence-corrected chi connectivity index (χ3v) is 5.90. The highest BCUT2D eigenvalue weighted by atomic mass is 32.1. The molecule has 0 bridgehead atoms. The van der Waals surface area contributed by atoms with E-state index in [1.165, 1.54) is 0 Å². The summed E-state index contributed by atoms with van der Waals surface area (Å²) in [6, 6.07) is 15.5. The van der Waals surface area contributed by atoms with Crippen LogP contribution in [0.4, 0.5) is 11.4 Å². The molecule has 1 aromatic heterocycles. The van der Waals surface area contributed by atoms with Crippen molar-refractivity contribution < 1.29 is 19.4 Å². The molecular weight excluding hydrogens is 456 g/mol. The van der Waals surface area contributed by atoms with Gasteiger partial charge in [-0.25, -0.2) is 4.68 Å². The Bertz CT molecular complexity index is 1170. The Morgan fingerprint density at radius 3 is 2.82 bits per heavy atom. The summed E-state index contributed by atoms with van der Waals surface area (Å²) >= 11 is 5.15. The second-order valence-corrected chi connectivity index (χ2v) is 8.48. The lowest BCUT2D eigenvalue weighted by Gasteiger charge is -2.38. The number of anilines is 2. The van der Waals surface area contributed by atoms with Crippen LogP contribution in [-0.2, 0) is 9.53 Å². The van der Waals surface area contributed by atoms with Gasteiger partial charge in [-0.2, -0.15) is 5.21 Å². The second kappa shape index (κ2) is 11.1. The third kappa shape index (κ3) is 6.12. The van der Waals surface area contributed by atoms with Gasteiger partial charge in [-0.1, -0.05) is 22.4 Å². The molecule has 3 aromatic rings. The summed E-state index contributed by atoms with van der Waals surface area (Å²) in [6.07, 6.45) is 0.912. The van der Waals surface area contributed by atoms with Gasteiger partial charge in [-0.3, -0.25) is 4.79 Å². The molecule has 1 saturated heterocycles. The molecule has 34 heavy (non-hydrogen) atoms. The van der Waals surface area contributed by atoms with Crippen LogP contribution in [0.25, 0.3) is 5.69 Å². The fraction of sp³-hybridized carbons (Fsp3) is 0.391. The minimum absolute atomic E-state index is 0.0141. The SMILES string of the molecule is CCOC1CC(CC(=O)O)CN(c2cccc(OCNc3cccc(-n4[nH]nnc4=S)c3)c2)C1. The van der Waals surface area contributed by atoms with Crippen LogP contribution in [0.2, 0.25) is 0 Å². The van der Waals surface area contributed by atoms with E-state index in [4.69, 9.17) is 21.7 Å². The Balaban J connectivity index is 1.38. The predicted molar refractivity (Wildman–Crippen MR) is 130 cm³/mol. The molecule has 0 amide bonds. The summed E-state index contributed by atoms with van der Waals surface area (Å²) in [5.74, 6) is -0.0187. The van der Waals surface area contributed by atoms with E-state index in [0.29, 0.717) is 17.9 Å². The van der Waals surface area contributed by atoms with Gasteiger partial charge in [0.25, 0.3) is 0 Å². The highest BCUT2D eigenvalue weighted by Gasteiger charge is 2.29. The lowest BCUT2D eigenvalue weighted by atomic mass is 9.92. The van der Waals surface area contributed by atoms with E-state index in [2.05, 4.69) is 25.7 Å². The Morgan fingerprint density at radius 1 is 1.24 bits per heavy atom. The van der Waals surface area contributed by atoms with Gasteiger partial charge in [-0.15, -0.1) is 0 Å². The van der Waals surface area contributed by atoms with E-state index in [1.807, 2.05) is 55.5 Å². The number of rotatable bonds is 10. The minimum atomic E-state index is -0.777. The molecule has 0 saturated carbocycles. The van der Waals surface area contributed by atoms with Gasteiger partial charge < -0.3 is 24.8 Å². The molecule has 2 unspecified atom stereocenters. The van der Waals surface area contributed by atoms with Crippen LogP contribution in [0.3, 0.4) is 0 Å². The number of nitrogens with zero attached hydrogens (tertiary/aromatic N) is 4. The van der Waals surface area contributed by atoms with Crippen molar-refractivity contribution in [3.63, 3.8) is 0 Å². The number of aliphatic carboxylic acids is 1. The monoisotopic (exact) mass is 484 g/mol. The highest BCUT2D eigenvalue weighted by Crippen LogP contribution is 2.29. The minimum Gasteiger partial charge on any atom is -0.481 e. The molecule has 3 N–H and O–H groups in total. The van der Waals surface area contributed by atoms with Gasteiger partial charge >= 0.3 is 5.97 Å². The molecule has 180 valence electrons. The van der Waals surface area contributed by atoms with Crippen molar-refractivity contribution in [2.24, 2.45) is 5.92 Å². The zero-order chi connectivity index (χ0) is 23.9. The second-order valence-electron chi connectivity index (χ2n) is 8.11. The standard InChI is InChI=1S/C23H28N6O4S/c1-2-32-21-9-16(10-22(30)31)13-28(14-21)18-6-4-8-20(12-18)33-15-24-17-5-3-7-19(11-17)29-23(34)25-26-27-29/h3-8,11-12,16,21,24H,2,9-10,13-15H2,1H3,(H,30,31)(H,25,27,34). The van der Waals surface area contributed by atoms with E-state index in [0.717, 1.165) is 35.8 Å². The van der Waals surface area contributed by atoms with Crippen LogP contribution in [0.15, 0.2) is 48.5 Å². The molecule has 0 spiro atoms. The molecule has 2 heterocycles. The van der Waals surface area contributed by atoms with Crippen LogP contribution in [0.1, 0.15) is 19.8 Å². The number of piperidine rings is 1. The number of carboxylic acid groups (broad SMARTS) is 1. The van der Waals surface area contributed by atoms with Gasteiger partial charge in [0.15, 0.2) is 6.73 Å². The van der Waals surface area contributed by atoms with Crippen molar-refractivity contribution in [3.05, 3.63) is 53.3 Å². The Labute approximate surface area is 202 Å². The quantitative estimate of drug-likeness (QED) is 0.294. The van der Waals surface area contributed by atoms with Crippen molar-refractivity contribution >= 4 is 29.6 Å². The van der Waals surface area contributed by atoms with Gasteiger partial charge in [-0.05, 0) is 61.8 Å². The number of tetrazole rings is 1. The van der Waals surface area contributed by atoms with Crippen LogP contribution in [0, 0.1) is 10.7 Å². The summed E-state index contributed by atoms with van der Waals surface area (Å²) in [5.41, 5.74) is 2.66. The summed E-state index contributed by atoms with van der Waals surface area (Å²) in [4.78, 5) is 13.5. The van der Waals surface area contributed by atoms with Crippen LogP contribution in [0.5, 0.6) is 5.75 Å². The molecule has 1 aliphatic heterocycles. The smallest absolute Gasteiger partial charge is 0.303 e. The molecule has 1 fully saturated rings. The van der Waals surface area contributed by atoms with Crippen LogP contribution >= 0.6 is 12.2 Å². The topological polar surface area (TPSA) is 118 Å². The van der Waals surface area contributed by atoms with Crippen molar-refractivity contribution in [2.75, 3.05) is 36.6 Å². The zero-order valence-electron chi connectivity index (χ0n) is 18.9. The number of hydrogen-bond donors (Lipinski definition) is 3. The number of H-pyrrole nitrogens is 1. The van der Waals surface area contributed by atoms with E-state index >= 15 is 0 Å². The molecule has 2 aromatic carbocycles. The zero-order valence-corrected chi connectivity index (χ0v) is 19.7. The van der Waals surface area contributed by atoms with E-state index in [9.17, 15) is 9.90 Å². The first-order valence-electron chi connectivity index (χ1n) is 11.2. The highest BCUT2D eigenvalue weighted by molar-refractivity contribution is 7.71. The molecule has 2 atom stereocenters. The van der Waals surface area contributed by atoms with E-state index < -0.39 is 5.97 Å². The number of carbonyl (C=O) groups is 1. The lowest BCUT2D eigenvalue weighted by Crippen LogP contribution is -2.45. The maximum Gasteiger partial charge on any atom is 0.303 e. The molecule has 11 heteroatoms. The van der Waals surface area contributed by atoms with Gasteiger partial charge in [0.2, 0.25) is 4.77 Å². The Morgan fingerprint density at radius 2 is 2.06 bits per heavy atom. The molecule has 0 radical (unpaired) electrons. The summed E-state index contributed by atoms with van der Waals surface area (Å²) in [7, 11) is 0. The molecule has 4 rings (SSSR count). The van der Waals surface area contributed by atoms with Crippen molar-refractivity contribution in [3.8, 4) is 11.4 Å². The van der Waals surface area contributed by atoms with Gasteiger partial charge in [0, 0.05) is 43.6 Å². The maximum atomic E-state index is 11.3. The molecular formula is C23H28N6O4S. The number of ether oxygens (including phenoxy) is 2. The summed E-state index contributed by atoms with van der Waals surface area (Å²) < 4.78 is 13.7. The largest absolute Gasteiger partial charge is 0.481 e. The van der Waals surface area contributed by atoms with Crippen molar-refractivity contribution in [2.45, 2.75) is 25.9 Å². The first kappa shape index (κ1) is 23.7. The van der Waals surface area contributed by atoms with E-state index in [1.54, 1.807) is 4.68 Å². The van der Waals surface area contributed by atoms with Crippen molar-refractivity contribution in [1.29, 1.82) is 0 Å². The number of aromatic nitrogens is 4. The number of nitrogens with one attached hydrogen (secondary N) is 2. The number of benzene rings is 2. The Hall–Kier alpha value is -3.44. The van der Waals surface area contributed by atoms with E-state index in [-0.39, 0.29) is 25.2 Å². The first-order chi connectivity index (χ1) is 16.5. The first-order valence-corrected chi connectivity index (χ1v) is 11.6. The summed E-state index contributed by atoms with van der Waals surface area (Å²) in [5, 5.41) is 22.7. The Kier molecular flexibility index (Phi) is 7.76. The summed E-state index contributed by atoms with van der Waals surface area (Å²) in [6.45, 7) is 4.24. The van der Waals surface area contributed by atoms with Gasteiger partial charge in [0.05, 0.1) is 11.8 Å². The van der Waals surface area contributed by atoms with Gasteiger partial charge in [0.1, 0.15) is 5.75 Å². The third-order valence-electron chi connectivity index (χ3n) is 5.64. The molecule has 10 nitrogen and oxygen atoms in total. The van der Waals surface area contributed by atoms with Crippen molar-refractivity contribution in [1.82, 2.24) is 20.2 Å². The normalized spacial score (nSPS) is 18.0. The number of hydrogen-bond acceptors (Lipinski definition) is 8. The average molecular weight is 485 g/mol. The number of aromatic amines is 1. The predicted octanol–water partition coefficient (Wildman–Crippen LogP) is 3.48. The fourth-order valence-electron chi connectivity index (χ4n) is 4.21. The molecule has 1 aliphatic rings. The maximum absolute atomic E-state index is 11.3. The lowest BCUT2D eigenvalue weighted by molar-refractivity contribution is -0.138. The molecule has 0 aliphatic carbocycles. The van der Waals surface area contributed by atoms with Crippen LogP contribution in [-0.4, -0.2) is 63.8 Å². The number of carboxylic acids is 1.